The molecule has 0 amide bonds. The third kappa shape index (κ3) is 2.74. The Bertz CT molecular complexity index is 544. The summed E-state index contributed by atoms with van der Waals surface area (Å²) in [4.78, 5) is 10.7. The molecule has 0 spiro atoms. The molecule has 5 heteroatoms. The first-order chi connectivity index (χ1) is 8.56. The van der Waals surface area contributed by atoms with Crippen molar-refractivity contribution in [2.24, 2.45) is 0 Å². The average molecular weight is 245 g/mol. The number of carboxylic acid groups (broad SMARTS) is 1. The van der Waals surface area contributed by atoms with Gasteiger partial charge in [-0.05, 0) is 17.0 Å². The minimum atomic E-state index is -1.06. The third-order valence-electron chi connectivity index (χ3n) is 2.75. The molecule has 18 heavy (non-hydrogen) atoms. The molecule has 0 unspecified atom stereocenters. The average Bonchev–Trinajstić information content (AvgIpc) is 2.78. The first-order valence-corrected chi connectivity index (χ1v) is 5.78. The van der Waals surface area contributed by atoms with Gasteiger partial charge in [0.2, 0.25) is 0 Å². The van der Waals surface area contributed by atoms with Gasteiger partial charge in [-0.3, -0.25) is 0 Å². The fourth-order valence-electron chi connectivity index (χ4n) is 1.67. The smallest absolute Gasteiger partial charge is 0.358 e. The molecule has 0 aliphatic heterocycles. The summed E-state index contributed by atoms with van der Waals surface area (Å²) in [5, 5.41) is 16.1. The number of hydrogen-bond donors (Lipinski definition) is 1. The van der Waals surface area contributed by atoms with E-state index >= 15 is 0 Å². The Morgan fingerprint density at radius 3 is 2.50 bits per heavy atom. The molecule has 2 aromatic rings. The second kappa shape index (κ2) is 5.00. The summed E-state index contributed by atoms with van der Waals surface area (Å²) < 4.78 is 1.52. The second-order valence-corrected chi connectivity index (χ2v) is 4.50. The van der Waals surface area contributed by atoms with Gasteiger partial charge in [0.1, 0.15) is 0 Å². The van der Waals surface area contributed by atoms with Crippen LogP contribution in [0, 0.1) is 0 Å². The summed E-state index contributed by atoms with van der Waals surface area (Å²) in [5.41, 5.74) is 2.32. The molecule has 0 radical (unpaired) electrons. The van der Waals surface area contributed by atoms with Crippen LogP contribution in [0.5, 0.6) is 0 Å². The van der Waals surface area contributed by atoms with Gasteiger partial charge in [0.05, 0.1) is 12.7 Å². The van der Waals surface area contributed by atoms with E-state index in [1.807, 2.05) is 12.1 Å². The van der Waals surface area contributed by atoms with E-state index in [1.54, 1.807) is 0 Å². The van der Waals surface area contributed by atoms with Gasteiger partial charge in [-0.25, -0.2) is 9.48 Å². The number of benzene rings is 1. The lowest BCUT2D eigenvalue weighted by atomic mass is 10.0. The van der Waals surface area contributed by atoms with Crippen molar-refractivity contribution in [3.63, 3.8) is 0 Å². The fraction of sp³-hybridized carbons (Fsp3) is 0.308. The highest BCUT2D eigenvalue weighted by atomic mass is 16.4. The van der Waals surface area contributed by atoms with Crippen molar-refractivity contribution in [3.8, 4) is 0 Å². The van der Waals surface area contributed by atoms with Crippen LogP contribution in [0.1, 0.15) is 41.4 Å². The topological polar surface area (TPSA) is 68.0 Å². The van der Waals surface area contributed by atoms with Crippen molar-refractivity contribution in [1.29, 1.82) is 0 Å². The number of aromatic nitrogens is 3. The first-order valence-electron chi connectivity index (χ1n) is 5.78. The minimum absolute atomic E-state index is 0.0335. The van der Waals surface area contributed by atoms with Crippen molar-refractivity contribution in [2.45, 2.75) is 26.3 Å². The van der Waals surface area contributed by atoms with Crippen LogP contribution in [0.2, 0.25) is 0 Å². The van der Waals surface area contributed by atoms with E-state index < -0.39 is 5.97 Å². The summed E-state index contributed by atoms with van der Waals surface area (Å²) in [6.45, 7) is 4.82. The molecular weight excluding hydrogens is 230 g/mol. The van der Waals surface area contributed by atoms with Gasteiger partial charge in [-0.2, -0.15) is 0 Å². The molecule has 0 saturated heterocycles. The SMILES string of the molecule is CC(C)c1ccc(Cn2cc(C(=O)O)nn2)cc1. The normalized spacial score (nSPS) is 10.8. The molecule has 0 aliphatic carbocycles. The van der Waals surface area contributed by atoms with E-state index in [4.69, 9.17) is 5.11 Å². The Morgan fingerprint density at radius 2 is 2.00 bits per heavy atom. The maximum Gasteiger partial charge on any atom is 0.358 e. The van der Waals surface area contributed by atoms with E-state index in [1.165, 1.54) is 16.4 Å². The van der Waals surface area contributed by atoms with E-state index in [2.05, 4.69) is 36.3 Å². The number of rotatable bonds is 4. The predicted octanol–water partition coefficient (Wildman–Crippen LogP) is 2.15. The maximum absolute atomic E-state index is 10.7. The Hall–Kier alpha value is -2.17. The lowest BCUT2D eigenvalue weighted by Gasteiger charge is -2.06. The number of hydrogen-bond acceptors (Lipinski definition) is 3. The van der Waals surface area contributed by atoms with Crippen LogP contribution in [0.3, 0.4) is 0 Å². The zero-order valence-corrected chi connectivity index (χ0v) is 10.4. The molecule has 0 bridgehead atoms. The molecular formula is C13H15N3O2. The first kappa shape index (κ1) is 12.3. The van der Waals surface area contributed by atoms with Crippen LogP contribution in [0.25, 0.3) is 0 Å². The summed E-state index contributed by atoms with van der Waals surface area (Å²) in [7, 11) is 0. The van der Waals surface area contributed by atoms with Crippen LogP contribution >= 0.6 is 0 Å². The van der Waals surface area contributed by atoms with Gasteiger partial charge in [-0.1, -0.05) is 43.3 Å². The van der Waals surface area contributed by atoms with E-state index in [0.717, 1.165) is 5.56 Å². The van der Waals surface area contributed by atoms with Gasteiger partial charge < -0.3 is 5.11 Å². The summed E-state index contributed by atoms with van der Waals surface area (Å²) >= 11 is 0. The largest absolute Gasteiger partial charge is 0.476 e. The van der Waals surface area contributed by atoms with Gasteiger partial charge in [0.25, 0.3) is 0 Å². The highest BCUT2D eigenvalue weighted by Gasteiger charge is 2.08. The van der Waals surface area contributed by atoms with Crippen molar-refractivity contribution >= 4 is 5.97 Å². The van der Waals surface area contributed by atoms with E-state index in [9.17, 15) is 4.79 Å². The van der Waals surface area contributed by atoms with Gasteiger partial charge in [0, 0.05) is 0 Å². The quantitative estimate of drug-likeness (QED) is 0.896. The fourth-order valence-corrected chi connectivity index (χ4v) is 1.67. The zero-order valence-electron chi connectivity index (χ0n) is 10.4. The maximum atomic E-state index is 10.7. The number of carboxylic acids is 1. The van der Waals surface area contributed by atoms with Crippen molar-refractivity contribution in [2.75, 3.05) is 0 Å². The summed E-state index contributed by atoms with van der Waals surface area (Å²) in [6.07, 6.45) is 1.43. The van der Waals surface area contributed by atoms with Crippen molar-refractivity contribution in [3.05, 3.63) is 47.3 Å². The highest BCUT2D eigenvalue weighted by molar-refractivity contribution is 5.84. The zero-order chi connectivity index (χ0) is 13.1. The lowest BCUT2D eigenvalue weighted by Crippen LogP contribution is -2.01. The molecule has 5 nitrogen and oxygen atoms in total. The van der Waals surface area contributed by atoms with Gasteiger partial charge in [0.15, 0.2) is 5.69 Å². The van der Waals surface area contributed by atoms with Crippen molar-refractivity contribution < 1.29 is 9.90 Å². The summed E-state index contributed by atoms with van der Waals surface area (Å²) in [6, 6.07) is 8.21. The standard InChI is InChI=1S/C13H15N3O2/c1-9(2)11-5-3-10(4-6-11)7-16-8-12(13(17)18)14-15-16/h3-6,8-9H,7H2,1-2H3,(H,17,18). The minimum Gasteiger partial charge on any atom is -0.476 e. The molecule has 1 N–H and O–H groups in total. The molecule has 0 fully saturated rings. The Morgan fingerprint density at radius 1 is 1.33 bits per heavy atom. The van der Waals surface area contributed by atoms with Crippen LogP contribution in [0.4, 0.5) is 0 Å². The molecule has 0 aliphatic rings. The van der Waals surface area contributed by atoms with Crippen molar-refractivity contribution in [1.82, 2.24) is 15.0 Å². The lowest BCUT2D eigenvalue weighted by molar-refractivity contribution is 0.0690. The molecule has 94 valence electrons. The van der Waals surface area contributed by atoms with Crippen LogP contribution in [-0.4, -0.2) is 26.1 Å². The van der Waals surface area contributed by atoms with Crippen LogP contribution < -0.4 is 0 Å². The predicted molar refractivity (Wildman–Crippen MR) is 66.6 cm³/mol. The highest BCUT2D eigenvalue weighted by Crippen LogP contribution is 2.15. The Balaban J connectivity index is 2.10. The molecule has 0 saturated carbocycles. The molecule has 1 aromatic heterocycles. The third-order valence-corrected chi connectivity index (χ3v) is 2.75. The summed E-state index contributed by atoms with van der Waals surface area (Å²) in [5.74, 6) is -0.555. The van der Waals surface area contributed by atoms with Gasteiger partial charge in [-0.15, -0.1) is 5.10 Å². The number of aromatic carboxylic acids is 1. The Kier molecular flexibility index (Phi) is 3.41. The molecule has 1 aromatic carbocycles. The number of nitrogens with zero attached hydrogens (tertiary/aromatic N) is 3. The monoisotopic (exact) mass is 245 g/mol. The molecule has 0 atom stereocenters. The molecule has 1 heterocycles. The second-order valence-electron chi connectivity index (χ2n) is 4.50. The van der Waals surface area contributed by atoms with Crippen LogP contribution in [0.15, 0.2) is 30.5 Å². The van der Waals surface area contributed by atoms with E-state index in [-0.39, 0.29) is 5.69 Å². The molecule has 2 rings (SSSR count). The Labute approximate surface area is 105 Å². The van der Waals surface area contributed by atoms with Gasteiger partial charge >= 0.3 is 5.97 Å². The van der Waals surface area contributed by atoms with E-state index in [0.29, 0.717) is 12.5 Å². The number of carbonyl (C=O) groups is 1. The van der Waals surface area contributed by atoms with Crippen LogP contribution in [-0.2, 0) is 6.54 Å².